The maximum Gasteiger partial charge on any atom is 0.251 e. The number of hydrogen-bond acceptors (Lipinski definition) is 3. The Balaban J connectivity index is 1.43. The fourth-order valence-electron chi connectivity index (χ4n) is 4.17. The highest BCUT2D eigenvalue weighted by atomic mass is 16.1. The van der Waals surface area contributed by atoms with E-state index < -0.39 is 0 Å². The molecule has 1 aromatic heterocycles. The van der Waals surface area contributed by atoms with Gasteiger partial charge in [0.15, 0.2) is 0 Å². The average Bonchev–Trinajstić information content (AvgIpc) is 3.02. The number of hydrogen-bond donors (Lipinski definition) is 1. The molecule has 28 heavy (non-hydrogen) atoms. The molecule has 1 saturated heterocycles. The fourth-order valence-corrected chi connectivity index (χ4v) is 4.17. The van der Waals surface area contributed by atoms with Crippen LogP contribution in [0.1, 0.15) is 66.3 Å². The van der Waals surface area contributed by atoms with Crippen LogP contribution in [0.3, 0.4) is 0 Å². The lowest BCUT2D eigenvalue weighted by atomic mass is 10.00. The first-order valence-corrected chi connectivity index (χ1v) is 10.7. The Bertz CT molecular complexity index is 765. The molecule has 1 aliphatic heterocycles. The summed E-state index contributed by atoms with van der Waals surface area (Å²) in [7, 11) is 0. The third kappa shape index (κ3) is 5.44. The van der Waals surface area contributed by atoms with Crippen molar-refractivity contribution >= 4 is 5.91 Å². The molecule has 2 heterocycles. The van der Waals surface area contributed by atoms with Gasteiger partial charge in [-0.15, -0.1) is 0 Å². The number of benzene rings is 1. The van der Waals surface area contributed by atoms with E-state index in [4.69, 9.17) is 0 Å². The van der Waals surface area contributed by atoms with Gasteiger partial charge >= 0.3 is 0 Å². The van der Waals surface area contributed by atoms with Gasteiger partial charge in [-0.1, -0.05) is 25.5 Å². The van der Waals surface area contributed by atoms with E-state index in [0.717, 1.165) is 54.6 Å². The van der Waals surface area contributed by atoms with Gasteiger partial charge in [-0.3, -0.25) is 9.48 Å². The van der Waals surface area contributed by atoms with Crippen LogP contribution in [0.15, 0.2) is 30.3 Å². The Morgan fingerprint density at radius 3 is 2.68 bits per heavy atom. The number of carbonyl (C=O) groups excluding carboxylic acids is 1. The predicted octanol–water partition coefficient (Wildman–Crippen LogP) is 3.93. The fraction of sp³-hybridized carbons (Fsp3) is 0.565. The molecule has 1 aliphatic rings. The van der Waals surface area contributed by atoms with Crippen LogP contribution in [0.25, 0.3) is 0 Å². The molecule has 0 aliphatic carbocycles. The van der Waals surface area contributed by atoms with Crippen molar-refractivity contribution in [3.8, 4) is 0 Å². The minimum absolute atomic E-state index is 0.0170. The number of amides is 1. The summed E-state index contributed by atoms with van der Waals surface area (Å²) in [4.78, 5) is 15.0. The lowest BCUT2D eigenvalue weighted by Gasteiger charge is -2.35. The molecule has 1 amide bonds. The molecule has 3 rings (SSSR count). The summed E-state index contributed by atoms with van der Waals surface area (Å²) >= 11 is 0. The Morgan fingerprint density at radius 1 is 1.21 bits per heavy atom. The van der Waals surface area contributed by atoms with Crippen molar-refractivity contribution in [3.05, 3.63) is 52.8 Å². The van der Waals surface area contributed by atoms with Crippen molar-refractivity contribution in [2.24, 2.45) is 0 Å². The molecule has 0 spiro atoms. The Labute approximate surface area is 169 Å². The zero-order valence-corrected chi connectivity index (χ0v) is 17.6. The molecule has 5 nitrogen and oxygen atoms in total. The van der Waals surface area contributed by atoms with Crippen LogP contribution < -0.4 is 5.32 Å². The van der Waals surface area contributed by atoms with Gasteiger partial charge in [0.25, 0.3) is 5.91 Å². The number of aromatic nitrogens is 2. The van der Waals surface area contributed by atoms with E-state index in [-0.39, 0.29) is 5.91 Å². The number of nitrogens with one attached hydrogen (secondary N) is 1. The standard InChI is InChI=1S/C23H34N4O/c1-4-22-8-5-6-14-26(22)15-7-13-24-23(28)21-11-9-20(10-12-21)17-27-19(3)16-18(2)25-27/h9-12,16,22H,4-8,13-15,17H2,1-3H3,(H,24,28)/t22-/m1/s1. The second-order valence-electron chi connectivity index (χ2n) is 7.98. The Hall–Kier alpha value is -2.14. The molecule has 5 heteroatoms. The van der Waals surface area contributed by atoms with Gasteiger partial charge in [0.2, 0.25) is 0 Å². The summed E-state index contributed by atoms with van der Waals surface area (Å²) in [5.74, 6) is 0.0170. The topological polar surface area (TPSA) is 50.2 Å². The van der Waals surface area contributed by atoms with E-state index in [2.05, 4.69) is 35.2 Å². The third-order valence-electron chi connectivity index (χ3n) is 5.78. The highest BCUT2D eigenvalue weighted by Crippen LogP contribution is 2.19. The van der Waals surface area contributed by atoms with E-state index in [1.165, 1.54) is 32.2 Å². The zero-order chi connectivity index (χ0) is 19.9. The summed E-state index contributed by atoms with van der Waals surface area (Å²) in [5, 5.41) is 7.57. The van der Waals surface area contributed by atoms with Crippen molar-refractivity contribution in [2.75, 3.05) is 19.6 Å². The number of likely N-dealkylation sites (tertiary alicyclic amines) is 1. The summed E-state index contributed by atoms with van der Waals surface area (Å²) < 4.78 is 1.99. The lowest BCUT2D eigenvalue weighted by molar-refractivity contribution is 0.0947. The summed E-state index contributed by atoms with van der Waals surface area (Å²) in [5.41, 5.74) is 4.06. The van der Waals surface area contributed by atoms with E-state index in [1.54, 1.807) is 0 Å². The maximum absolute atomic E-state index is 12.4. The van der Waals surface area contributed by atoms with Crippen molar-refractivity contribution in [2.45, 2.75) is 65.5 Å². The van der Waals surface area contributed by atoms with Crippen molar-refractivity contribution < 1.29 is 4.79 Å². The molecule has 1 atom stereocenters. The first-order chi connectivity index (χ1) is 13.6. The van der Waals surface area contributed by atoms with Gasteiger partial charge in [0.1, 0.15) is 0 Å². The number of piperidine rings is 1. The summed E-state index contributed by atoms with van der Waals surface area (Å²) in [6.45, 7) is 10.1. The van der Waals surface area contributed by atoms with E-state index >= 15 is 0 Å². The predicted molar refractivity (Wildman–Crippen MR) is 114 cm³/mol. The molecule has 152 valence electrons. The SMILES string of the molecule is CC[C@@H]1CCCCN1CCCNC(=O)c1ccc(Cn2nc(C)cc2C)cc1. The van der Waals surface area contributed by atoms with Gasteiger partial charge in [-0.25, -0.2) is 0 Å². The molecule has 1 aromatic carbocycles. The second kappa shape index (κ2) is 9.87. The normalized spacial score (nSPS) is 17.6. The van der Waals surface area contributed by atoms with Gasteiger partial charge in [-0.2, -0.15) is 5.10 Å². The highest BCUT2D eigenvalue weighted by molar-refractivity contribution is 5.94. The van der Waals surface area contributed by atoms with Crippen molar-refractivity contribution in [1.29, 1.82) is 0 Å². The zero-order valence-electron chi connectivity index (χ0n) is 17.6. The van der Waals surface area contributed by atoms with Gasteiger partial charge in [0.05, 0.1) is 12.2 Å². The van der Waals surface area contributed by atoms with Gasteiger partial charge in [-0.05, 0) is 69.8 Å². The average molecular weight is 383 g/mol. The van der Waals surface area contributed by atoms with Gasteiger partial charge in [0, 0.05) is 30.4 Å². The van der Waals surface area contributed by atoms with Crippen LogP contribution in [-0.2, 0) is 6.54 Å². The monoisotopic (exact) mass is 382 g/mol. The van der Waals surface area contributed by atoms with E-state index in [0.29, 0.717) is 0 Å². The number of carbonyl (C=O) groups is 1. The lowest BCUT2D eigenvalue weighted by Crippen LogP contribution is -2.40. The minimum atomic E-state index is 0.0170. The van der Waals surface area contributed by atoms with E-state index in [9.17, 15) is 4.79 Å². The first-order valence-electron chi connectivity index (χ1n) is 10.7. The molecule has 2 aromatic rings. The first kappa shape index (κ1) is 20.6. The molecule has 0 unspecified atom stereocenters. The molecular weight excluding hydrogens is 348 g/mol. The summed E-state index contributed by atoms with van der Waals surface area (Å²) in [6, 6.07) is 10.7. The molecule has 0 bridgehead atoms. The van der Waals surface area contributed by atoms with Crippen LogP contribution in [0.4, 0.5) is 0 Å². The van der Waals surface area contributed by atoms with Gasteiger partial charge < -0.3 is 10.2 Å². The molecule has 1 fully saturated rings. The molecule has 0 saturated carbocycles. The maximum atomic E-state index is 12.4. The smallest absolute Gasteiger partial charge is 0.251 e. The Morgan fingerprint density at radius 2 is 2.00 bits per heavy atom. The minimum Gasteiger partial charge on any atom is -0.352 e. The van der Waals surface area contributed by atoms with Crippen molar-refractivity contribution in [1.82, 2.24) is 20.0 Å². The highest BCUT2D eigenvalue weighted by Gasteiger charge is 2.19. The number of nitrogens with zero attached hydrogens (tertiary/aromatic N) is 3. The second-order valence-corrected chi connectivity index (χ2v) is 7.98. The quantitative estimate of drug-likeness (QED) is 0.704. The van der Waals surface area contributed by atoms with Crippen LogP contribution in [-0.4, -0.2) is 46.3 Å². The molecule has 0 radical (unpaired) electrons. The largest absolute Gasteiger partial charge is 0.352 e. The van der Waals surface area contributed by atoms with Crippen LogP contribution in [0.2, 0.25) is 0 Å². The van der Waals surface area contributed by atoms with Crippen LogP contribution in [0.5, 0.6) is 0 Å². The van der Waals surface area contributed by atoms with E-state index in [1.807, 2.05) is 35.9 Å². The molecule has 1 N–H and O–H groups in total. The van der Waals surface area contributed by atoms with Crippen LogP contribution in [0, 0.1) is 13.8 Å². The summed E-state index contributed by atoms with van der Waals surface area (Å²) in [6.07, 6.45) is 6.25. The number of rotatable bonds is 8. The Kier molecular flexibility index (Phi) is 7.26. The van der Waals surface area contributed by atoms with Crippen molar-refractivity contribution in [3.63, 3.8) is 0 Å². The van der Waals surface area contributed by atoms with Crippen LogP contribution >= 0.6 is 0 Å². The third-order valence-corrected chi connectivity index (χ3v) is 5.78. The molecular formula is C23H34N4O. The number of aryl methyl sites for hydroxylation is 2.